The summed E-state index contributed by atoms with van der Waals surface area (Å²) in [5.41, 5.74) is 0. The molecular weight excluding hydrogens is 226 g/mol. The second-order valence-corrected chi connectivity index (χ2v) is 16.3. The third kappa shape index (κ3) is 9.41. The van der Waals surface area contributed by atoms with Gasteiger partial charge in [0.05, 0.1) is 7.85 Å². The van der Waals surface area contributed by atoms with Crippen molar-refractivity contribution in [3.05, 3.63) is 0 Å². The molecule has 0 aliphatic carbocycles. The fourth-order valence-electron chi connectivity index (χ4n) is 0.826. The zero-order valence-electron chi connectivity index (χ0n) is 10.3. The zero-order chi connectivity index (χ0) is 11.4. The van der Waals surface area contributed by atoms with Crippen LogP contribution in [0.25, 0.3) is 0 Å². The molecule has 0 aliphatic heterocycles. The molecule has 14 heavy (non-hydrogen) atoms. The van der Waals surface area contributed by atoms with Gasteiger partial charge in [-0.25, -0.2) is 0 Å². The Morgan fingerprint density at radius 1 is 0.929 bits per heavy atom. The highest BCUT2D eigenvalue weighted by molar-refractivity contribution is 7.51. The molecule has 0 unspecified atom stereocenters. The van der Waals surface area contributed by atoms with Gasteiger partial charge in [0.25, 0.3) is 0 Å². The molecule has 0 amide bonds. The van der Waals surface area contributed by atoms with Crippen LogP contribution >= 0.6 is 8.38 Å². The van der Waals surface area contributed by atoms with E-state index >= 15 is 0 Å². The second kappa shape index (κ2) is 5.80. The van der Waals surface area contributed by atoms with Gasteiger partial charge in [0, 0.05) is 6.16 Å². The van der Waals surface area contributed by atoms with E-state index < -0.39 is 25.0 Å². The molecule has 0 aromatic rings. The second-order valence-electron chi connectivity index (χ2n) is 5.25. The molecule has 0 aromatic carbocycles. The van der Waals surface area contributed by atoms with E-state index in [1.54, 1.807) is 0 Å². The van der Waals surface area contributed by atoms with Gasteiger partial charge in [0.2, 0.25) is 0 Å². The topological polar surface area (TPSA) is 18.5 Å². The molecule has 0 saturated carbocycles. The first-order chi connectivity index (χ1) is 6.14. The van der Waals surface area contributed by atoms with Gasteiger partial charge in [-0.2, -0.15) is 0 Å². The lowest BCUT2D eigenvalue weighted by atomic mass is 10.1. The van der Waals surface area contributed by atoms with E-state index in [9.17, 15) is 0 Å². The highest BCUT2D eigenvalue weighted by Crippen LogP contribution is 2.44. The van der Waals surface area contributed by atoms with Crippen LogP contribution in [0.2, 0.25) is 45.6 Å². The van der Waals surface area contributed by atoms with Crippen molar-refractivity contribution in [2.45, 2.75) is 45.6 Å². The maximum absolute atomic E-state index is 5.99. The van der Waals surface area contributed by atoms with Crippen LogP contribution in [0.5, 0.6) is 0 Å². The van der Waals surface area contributed by atoms with Gasteiger partial charge in [-0.05, 0) is 39.3 Å². The molecular formula is C8H22BO2PSi2. The van der Waals surface area contributed by atoms with Crippen LogP contribution in [0.15, 0.2) is 0 Å². The lowest BCUT2D eigenvalue weighted by Gasteiger charge is -2.30. The van der Waals surface area contributed by atoms with Crippen molar-refractivity contribution in [2.75, 3.05) is 6.16 Å². The highest BCUT2D eigenvalue weighted by Gasteiger charge is 2.26. The van der Waals surface area contributed by atoms with Crippen molar-refractivity contribution in [3.8, 4) is 0 Å². The third-order valence-electron chi connectivity index (χ3n) is 1.06. The van der Waals surface area contributed by atoms with Crippen LogP contribution in [-0.4, -0.2) is 30.6 Å². The molecule has 0 bridgehead atoms. The lowest BCUT2D eigenvalue weighted by Crippen LogP contribution is -2.28. The molecule has 0 rings (SSSR count). The first-order valence-electron chi connectivity index (χ1n) is 5.00. The van der Waals surface area contributed by atoms with Crippen molar-refractivity contribution in [1.29, 1.82) is 0 Å². The Bertz CT molecular complexity index is 152. The van der Waals surface area contributed by atoms with Crippen molar-refractivity contribution >= 4 is 32.9 Å². The summed E-state index contributed by atoms with van der Waals surface area (Å²) in [4.78, 5) is 0. The summed E-state index contributed by atoms with van der Waals surface area (Å²) in [6.07, 6.45) is 1.52. The van der Waals surface area contributed by atoms with Crippen LogP contribution in [0, 0.1) is 0 Å². The predicted molar refractivity (Wildman–Crippen MR) is 71.2 cm³/mol. The quantitative estimate of drug-likeness (QED) is 0.528. The number of rotatable bonds is 6. The average molecular weight is 248 g/mol. The van der Waals surface area contributed by atoms with Crippen LogP contribution in [0.3, 0.4) is 0 Å². The molecule has 0 heterocycles. The van der Waals surface area contributed by atoms with Crippen LogP contribution < -0.4 is 0 Å². The minimum absolute atomic E-state index is 0.653. The van der Waals surface area contributed by atoms with Gasteiger partial charge in [0.15, 0.2) is 16.6 Å². The Balaban J connectivity index is 4.16. The fraction of sp³-hybridized carbons (Fsp3) is 1.00. The van der Waals surface area contributed by atoms with Crippen LogP contribution in [-0.2, 0) is 8.43 Å². The molecule has 0 saturated heterocycles. The summed E-state index contributed by atoms with van der Waals surface area (Å²) in [7, 11) is 1.84. The summed E-state index contributed by atoms with van der Waals surface area (Å²) >= 11 is 0. The maximum Gasteiger partial charge on any atom is 0.191 e. The predicted octanol–water partition coefficient (Wildman–Crippen LogP) is 3.59. The van der Waals surface area contributed by atoms with Crippen molar-refractivity contribution < 1.29 is 8.43 Å². The van der Waals surface area contributed by atoms with Gasteiger partial charge in [-0.1, -0.05) is 6.32 Å². The Morgan fingerprint density at radius 2 is 1.29 bits per heavy atom. The fourth-order valence-corrected chi connectivity index (χ4v) is 7.14. The van der Waals surface area contributed by atoms with E-state index in [0.717, 1.165) is 6.16 Å². The molecule has 0 N–H and O–H groups in total. The van der Waals surface area contributed by atoms with E-state index in [1.165, 1.54) is 0 Å². The summed E-state index contributed by atoms with van der Waals surface area (Å²) in [6, 6.07) is 0. The molecule has 0 aliphatic rings. The lowest BCUT2D eigenvalue weighted by molar-refractivity contribution is 0.490. The first kappa shape index (κ1) is 14.8. The van der Waals surface area contributed by atoms with Crippen molar-refractivity contribution in [2.24, 2.45) is 0 Å². The molecule has 0 aromatic heterocycles. The molecule has 2 nitrogen and oxygen atoms in total. The van der Waals surface area contributed by atoms with Gasteiger partial charge in [-0.3, -0.25) is 0 Å². The van der Waals surface area contributed by atoms with Crippen molar-refractivity contribution in [1.82, 2.24) is 0 Å². The molecule has 0 atom stereocenters. The summed E-state index contributed by atoms with van der Waals surface area (Å²) < 4.78 is 12.0. The molecule has 6 heteroatoms. The number of hydrogen-bond donors (Lipinski definition) is 0. The Kier molecular flexibility index (Phi) is 6.15. The Hall–Kier alpha value is 0.849. The normalized spacial score (nSPS) is 13.6. The van der Waals surface area contributed by atoms with Crippen LogP contribution in [0.4, 0.5) is 0 Å². The highest BCUT2D eigenvalue weighted by atomic mass is 31.2. The summed E-state index contributed by atoms with van der Waals surface area (Å²) in [6.45, 7) is 13.1. The third-order valence-corrected chi connectivity index (χ3v) is 7.70. The largest absolute Gasteiger partial charge is 0.376 e. The zero-order valence-corrected chi connectivity index (χ0v) is 13.1. The summed E-state index contributed by atoms with van der Waals surface area (Å²) in [5.74, 6) is 0. The minimum Gasteiger partial charge on any atom is -0.376 e. The minimum atomic E-state index is -1.49. The average Bonchev–Trinajstić information content (AvgIpc) is 1.78. The molecule has 0 fully saturated rings. The number of hydrogen-bond acceptors (Lipinski definition) is 2. The standard InChI is InChI=1S/C8H22BO2PSi2/c1-13(2,3)10-12(8-7-9)11-14(4,5)6/h7-8H2,1-6H3. The Morgan fingerprint density at radius 3 is 1.50 bits per heavy atom. The SMILES string of the molecule is [B]CCP(O[Si](C)(C)C)O[Si](C)(C)C. The van der Waals surface area contributed by atoms with E-state index in [0.29, 0.717) is 6.32 Å². The van der Waals surface area contributed by atoms with Crippen molar-refractivity contribution in [3.63, 3.8) is 0 Å². The maximum atomic E-state index is 5.99. The summed E-state index contributed by atoms with van der Waals surface area (Å²) in [5, 5.41) is 0. The molecule has 2 radical (unpaired) electrons. The van der Waals surface area contributed by atoms with Gasteiger partial charge in [0.1, 0.15) is 8.38 Å². The molecule has 82 valence electrons. The first-order valence-corrected chi connectivity index (χ1v) is 13.2. The van der Waals surface area contributed by atoms with Crippen LogP contribution in [0.1, 0.15) is 0 Å². The monoisotopic (exact) mass is 248 g/mol. The van der Waals surface area contributed by atoms with E-state index in [1.807, 2.05) is 0 Å². The van der Waals surface area contributed by atoms with Gasteiger partial charge >= 0.3 is 0 Å². The van der Waals surface area contributed by atoms with Gasteiger partial charge in [-0.15, -0.1) is 0 Å². The Labute approximate surface area is 93.4 Å². The van der Waals surface area contributed by atoms with E-state index in [4.69, 9.17) is 16.3 Å². The molecule has 0 spiro atoms. The van der Waals surface area contributed by atoms with E-state index in [2.05, 4.69) is 39.3 Å². The van der Waals surface area contributed by atoms with E-state index in [-0.39, 0.29) is 0 Å². The van der Waals surface area contributed by atoms with Gasteiger partial charge < -0.3 is 8.43 Å². The smallest absolute Gasteiger partial charge is 0.191 e.